The Bertz CT molecular complexity index is 296. The van der Waals surface area contributed by atoms with Gasteiger partial charge in [0.15, 0.2) is 5.75 Å². The van der Waals surface area contributed by atoms with Crippen LogP contribution in [0.5, 0.6) is 5.75 Å². The summed E-state index contributed by atoms with van der Waals surface area (Å²) < 4.78 is 9.55. The maximum atomic E-state index is 5.32. The van der Waals surface area contributed by atoms with Gasteiger partial charge in [0, 0.05) is 0 Å². The molecule has 0 saturated carbocycles. The highest BCUT2D eigenvalue weighted by Gasteiger charge is 2.07. The van der Waals surface area contributed by atoms with E-state index >= 15 is 0 Å². The maximum absolute atomic E-state index is 5.32. The molecular weight excluding hydrogens is 241 g/mol. The molecule has 1 heterocycles. The first-order valence-corrected chi connectivity index (χ1v) is 4.83. The van der Waals surface area contributed by atoms with Crippen molar-refractivity contribution in [3.63, 3.8) is 0 Å². The first-order chi connectivity index (χ1) is 4.86. The van der Waals surface area contributed by atoms with Crippen LogP contribution in [0, 0.1) is 6.92 Å². The summed E-state index contributed by atoms with van der Waals surface area (Å²) in [5.74, 6) is 0.966. The van der Waals surface area contributed by atoms with Crippen molar-refractivity contribution in [2.45, 2.75) is 6.92 Å². The first-order valence-electron chi connectivity index (χ1n) is 2.99. The molecule has 0 aromatic heterocycles. The van der Waals surface area contributed by atoms with Crippen LogP contribution in [0.2, 0.25) is 0 Å². The molecule has 0 unspecified atom stereocenters. The normalized spacial score (nSPS) is 13.7. The summed E-state index contributed by atoms with van der Waals surface area (Å²) in [5.41, 5.74) is 2.26. The van der Waals surface area contributed by atoms with Crippen LogP contribution < -0.4 is 3.07 Å². The van der Waals surface area contributed by atoms with Crippen molar-refractivity contribution >= 4 is 27.1 Å². The summed E-state index contributed by atoms with van der Waals surface area (Å²) in [6.45, 7) is 2.06. The van der Waals surface area contributed by atoms with Gasteiger partial charge in [-0.05, 0) is 24.6 Å². The molecule has 0 fully saturated rings. The molecule has 3 heteroatoms. The van der Waals surface area contributed by atoms with Gasteiger partial charge in [0.2, 0.25) is 21.4 Å². The fraction of sp³-hybridized carbons (Fsp3) is 0.143. The summed E-state index contributed by atoms with van der Waals surface area (Å²) in [5, 5.41) is 0. The van der Waals surface area contributed by atoms with Gasteiger partial charge in [-0.25, -0.2) is 0 Å². The Morgan fingerprint density at radius 1 is 1.50 bits per heavy atom. The topological polar surface area (TPSA) is 21.6 Å². The molecule has 2 nitrogen and oxygen atoms in total. The molecule has 10 heavy (non-hydrogen) atoms. The Morgan fingerprint density at radius 2 is 2.40 bits per heavy atom. The fourth-order valence-electron chi connectivity index (χ4n) is 0.845. The van der Waals surface area contributed by atoms with E-state index in [0.29, 0.717) is 0 Å². The van der Waals surface area contributed by atoms with Crippen molar-refractivity contribution in [3.05, 3.63) is 23.8 Å². The Hall–Kier alpha value is -0.450. The summed E-state index contributed by atoms with van der Waals surface area (Å²) >= 11 is -0.375. The van der Waals surface area contributed by atoms with Gasteiger partial charge in [-0.3, -0.25) is 0 Å². The molecule has 1 aliphatic heterocycles. The number of aryl methyl sites for hydroxylation is 1. The summed E-state index contributed by atoms with van der Waals surface area (Å²) in [7, 11) is 0. The van der Waals surface area contributed by atoms with Gasteiger partial charge in [0.25, 0.3) is 0 Å². The number of fused-ring (bicyclic) bond motifs is 1. The minimum atomic E-state index is -0.375. The molecule has 1 aromatic carbocycles. The number of hydrogen-bond acceptors (Lipinski definition) is 2. The molecule has 0 bridgehead atoms. The van der Waals surface area contributed by atoms with E-state index in [4.69, 9.17) is 3.07 Å². The largest absolute Gasteiger partial charge is 0.417 e. The molecule has 52 valence electrons. The van der Waals surface area contributed by atoms with Crippen LogP contribution >= 0.6 is 21.4 Å². The van der Waals surface area contributed by atoms with Gasteiger partial charge in [-0.1, -0.05) is 6.07 Å². The van der Waals surface area contributed by atoms with Crippen molar-refractivity contribution in [2.75, 3.05) is 0 Å². The third-order valence-electron chi connectivity index (χ3n) is 1.36. The Labute approximate surface area is 69.9 Å². The molecular formula is C7H6INO. The van der Waals surface area contributed by atoms with Gasteiger partial charge in [0.1, 0.15) is 5.69 Å². The van der Waals surface area contributed by atoms with Crippen molar-refractivity contribution in [1.29, 1.82) is 0 Å². The van der Waals surface area contributed by atoms with Crippen LogP contribution in [-0.4, -0.2) is 0 Å². The lowest BCUT2D eigenvalue weighted by Crippen LogP contribution is -1.73. The molecule has 0 amide bonds. The molecule has 1 aromatic rings. The standard InChI is InChI=1S/C7H6INO/c1-5-2-3-6-7(4-5)10-8-9-6/h2-4H,1H3. The van der Waals surface area contributed by atoms with Crippen molar-refractivity contribution in [2.24, 2.45) is 3.15 Å². The number of halogens is 1. The predicted octanol–water partition coefficient (Wildman–Crippen LogP) is 3.09. The van der Waals surface area contributed by atoms with Crippen molar-refractivity contribution in [3.8, 4) is 5.75 Å². The number of benzene rings is 1. The second-order valence-electron chi connectivity index (χ2n) is 2.20. The smallest absolute Gasteiger partial charge is 0.238 e. The average molecular weight is 247 g/mol. The van der Waals surface area contributed by atoms with E-state index in [1.165, 1.54) is 5.56 Å². The van der Waals surface area contributed by atoms with Crippen LogP contribution in [0.1, 0.15) is 5.56 Å². The molecule has 0 N–H and O–H groups in total. The highest BCUT2D eigenvalue weighted by Crippen LogP contribution is 2.39. The Balaban J connectivity index is 2.59. The second kappa shape index (κ2) is 2.30. The van der Waals surface area contributed by atoms with Gasteiger partial charge >= 0.3 is 0 Å². The lowest BCUT2D eigenvalue weighted by molar-refractivity contribution is 0.723. The fourth-order valence-corrected chi connectivity index (χ4v) is 2.12. The van der Waals surface area contributed by atoms with E-state index in [2.05, 4.69) is 16.1 Å². The van der Waals surface area contributed by atoms with Gasteiger partial charge in [-0.15, -0.1) is 0 Å². The lowest BCUT2D eigenvalue weighted by Gasteiger charge is -1.95. The summed E-state index contributed by atoms with van der Waals surface area (Å²) in [4.78, 5) is 0. The van der Waals surface area contributed by atoms with E-state index in [1.54, 1.807) is 0 Å². The predicted molar refractivity (Wildman–Crippen MR) is 47.9 cm³/mol. The third-order valence-corrected chi connectivity index (χ3v) is 2.75. The van der Waals surface area contributed by atoms with Gasteiger partial charge in [0.05, 0.1) is 0 Å². The van der Waals surface area contributed by atoms with Crippen LogP contribution in [0.25, 0.3) is 0 Å². The Kier molecular flexibility index (Phi) is 1.44. The summed E-state index contributed by atoms with van der Waals surface area (Å²) in [6, 6.07) is 6.10. The highest BCUT2D eigenvalue weighted by molar-refractivity contribution is 14.1. The van der Waals surface area contributed by atoms with Crippen LogP contribution in [0.4, 0.5) is 5.69 Å². The first kappa shape index (κ1) is 6.27. The van der Waals surface area contributed by atoms with E-state index in [-0.39, 0.29) is 21.4 Å². The number of hydrogen-bond donors (Lipinski definition) is 0. The molecule has 0 aliphatic carbocycles. The van der Waals surface area contributed by atoms with E-state index in [9.17, 15) is 0 Å². The van der Waals surface area contributed by atoms with Gasteiger partial charge in [-0.2, -0.15) is 3.15 Å². The van der Waals surface area contributed by atoms with E-state index < -0.39 is 0 Å². The molecule has 1 aliphatic rings. The molecule has 0 atom stereocenters. The Morgan fingerprint density at radius 3 is 3.30 bits per heavy atom. The minimum Gasteiger partial charge on any atom is -0.417 e. The monoisotopic (exact) mass is 247 g/mol. The number of rotatable bonds is 0. The van der Waals surface area contributed by atoms with Crippen LogP contribution in [-0.2, 0) is 0 Å². The van der Waals surface area contributed by atoms with Crippen LogP contribution in [0.15, 0.2) is 21.3 Å². The van der Waals surface area contributed by atoms with E-state index in [1.807, 2.05) is 12.1 Å². The highest BCUT2D eigenvalue weighted by atomic mass is 127. The molecule has 2 rings (SSSR count). The van der Waals surface area contributed by atoms with Crippen molar-refractivity contribution < 1.29 is 3.07 Å². The van der Waals surface area contributed by atoms with Crippen molar-refractivity contribution in [1.82, 2.24) is 0 Å². The number of nitrogens with zero attached hydrogens (tertiary/aromatic N) is 1. The van der Waals surface area contributed by atoms with Crippen LogP contribution in [0.3, 0.4) is 0 Å². The minimum absolute atomic E-state index is 0.375. The third kappa shape index (κ3) is 0.941. The zero-order valence-corrected chi connectivity index (χ0v) is 7.62. The quantitative estimate of drug-likeness (QED) is 0.645. The van der Waals surface area contributed by atoms with Gasteiger partial charge < -0.3 is 3.07 Å². The maximum Gasteiger partial charge on any atom is 0.238 e. The second-order valence-corrected chi connectivity index (χ2v) is 3.52. The average Bonchev–Trinajstić information content (AvgIpc) is 2.33. The molecule has 0 radical (unpaired) electrons. The summed E-state index contributed by atoms with van der Waals surface area (Å²) in [6.07, 6.45) is 0. The van der Waals surface area contributed by atoms with E-state index in [0.717, 1.165) is 11.4 Å². The zero-order chi connectivity index (χ0) is 6.97. The SMILES string of the molecule is Cc1ccc2c(c1)OI=N2. The molecule has 0 saturated heterocycles. The lowest BCUT2D eigenvalue weighted by atomic mass is 10.2. The molecule has 0 spiro atoms. The zero-order valence-electron chi connectivity index (χ0n) is 5.47.